The molecule has 1 nitrogen and oxygen atoms in total. The zero-order valence-electron chi connectivity index (χ0n) is 8.72. The van der Waals surface area contributed by atoms with Gasteiger partial charge in [0.25, 0.3) is 0 Å². The molecule has 0 aromatic heterocycles. The summed E-state index contributed by atoms with van der Waals surface area (Å²) in [6.07, 6.45) is 3.40. The van der Waals surface area contributed by atoms with Crippen LogP contribution in [0, 0.1) is 5.41 Å². The number of ether oxygens (including phenoxy) is 1. The van der Waals surface area contributed by atoms with Crippen LogP contribution in [-0.2, 0) is 6.42 Å². The maximum absolute atomic E-state index is 5.98. The lowest BCUT2D eigenvalue weighted by Gasteiger charge is -2.14. The third kappa shape index (κ3) is 2.40. The standard InChI is InChI=1S/C12H14Cl2O/c1-15-11-3-2-10(14)6-9(11)7-12(8-13)4-5-12/h2-3,6H,4-5,7-8H2,1H3. The molecule has 1 fully saturated rings. The predicted molar refractivity (Wildman–Crippen MR) is 64.1 cm³/mol. The number of alkyl halides is 1. The molecule has 0 atom stereocenters. The second kappa shape index (κ2) is 4.23. The van der Waals surface area contributed by atoms with E-state index < -0.39 is 0 Å². The van der Waals surface area contributed by atoms with E-state index in [2.05, 4.69) is 0 Å². The van der Waals surface area contributed by atoms with Crippen molar-refractivity contribution in [1.82, 2.24) is 0 Å². The molecule has 0 aliphatic heterocycles. The summed E-state index contributed by atoms with van der Waals surface area (Å²) in [7, 11) is 1.69. The minimum absolute atomic E-state index is 0.305. The molecule has 1 aromatic carbocycles. The Kier molecular flexibility index (Phi) is 3.13. The molecular weight excluding hydrogens is 231 g/mol. The van der Waals surface area contributed by atoms with Crippen LogP contribution in [0.5, 0.6) is 5.75 Å². The van der Waals surface area contributed by atoms with Crippen LogP contribution in [0.3, 0.4) is 0 Å². The molecular formula is C12H14Cl2O. The van der Waals surface area contributed by atoms with Gasteiger partial charge in [0.05, 0.1) is 7.11 Å². The highest BCUT2D eigenvalue weighted by atomic mass is 35.5. The summed E-state index contributed by atoms with van der Waals surface area (Å²) in [4.78, 5) is 0. The summed E-state index contributed by atoms with van der Waals surface area (Å²) in [5, 5.41) is 0.760. The van der Waals surface area contributed by atoms with Crippen molar-refractivity contribution in [2.45, 2.75) is 19.3 Å². The van der Waals surface area contributed by atoms with E-state index in [1.807, 2.05) is 18.2 Å². The largest absolute Gasteiger partial charge is 0.496 e. The van der Waals surface area contributed by atoms with Crippen LogP contribution in [0.15, 0.2) is 18.2 Å². The highest BCUT2D eigenvalue weighted by molar-refractivity contribution is 6.30. The first kappa shape index (κ1) is 11.1. The first-order valence-electron chi connectivity index (χ1n) is 5.07. The van der Waals surface area contributed by atoms with Gasteiger partial charge in [-0.2, -0.15) is 0 Å². The summed E-state index contributed by atoms with van der Waals surface area (Å²) in [5.41, 5.74) is 1.47. The van der Waals surface area contributed by atoms with Crippen LogP contribution in [0.1, 0.15) is 18.4 Å². The number of rotatable bonds is 4. The molecule has 82 valence electrons. The molecule has 0 saturated heterocycles. The van der Waals surface area contributed by atoms with Gasteiger partial charge in [0, 0.05) is 10.9 Å². The van der Waals surface area contributed by atoms with E-state index in [-0.39, 0.29) is 0 Å². The van der Waals surface area contributed by atoms with Gasteiger partial charge in [0.2, 0.25) is 0 Å². The molecule has 15 heavy (non-hydrogen) atoms. The SMILES string of the molecule is COc1ccc(Cl)cc1CC1(CCl)CC1. The molecule has 1 aromatic rings. The highest BCUT2D eigenvalue weighted by Crippen LogP contribution is 2.50. The Bertz CT molecular complexity index is 359. The Morgan fingerprint density at radius 2 is 2.13 bits per heavy atom. The Hall–Kier alpha value is -0.400. The van der Waals surface area contributed by atoms with Crippen molar-refractivity contribution in [2.24, 2.45) is 5.41 Å². The van der Waals surface area contributed by atoms with Gasteiger partial charge in [-0.05, 0) is 48.4 Å². The zero-order valence-corrected chi connectivity index (χ0v) is 10.2. The predicted octanol–water partition coefficient (Wildman–Crippen LogP) is 3.91. The monoisotopic (exact) mass is 244 g/mol. The molecule has 0 unspecified atom stereocenters. The fourth-order valence-electron chi connectivity index (χ4n) is 1.82. The number of hydrogen-bond donors (Lipinski definition) is 0. The Labute approximate surface area is 100 Å². The zero-order chi connectivity index (χ0) is 10.9. The molecule has 1 saturated carbocycles. The van der Waals surface area contributed by atoms with Crippen molar-refractivity contribution in [1.29, 1.82) is 0 Å². The summed E-state index contributed by atoms with van der Waals surface area (Å²) < 4.78 is 5.32. The third-order valence-electron chi connectivity index (χ3n) is 3.05. The smallest absolute Gasteiger partial charge is 0.122 e. The lowest BCUT2D eigenvalue weighted by Crippen LogP contribution is -2.07. The molecule has 0 N–H and O–H groups in total. The molecule has 0 heterocycles. The van der Waals surface area contributed by atoms with Crippen molar-refractivity contribution in [3.05, 3.63) is 28.8 Å². The number of halogens is 2. The number of benzene rings is 1. The normalized spacial score (nSPS) is 17.5. The Balaban J connectivity index is 2.22. The van der Waals surface area contributed by atoms with Gasteiger partial charge in [-0.15, -0.1) is 11.6 Å². The van der Waals surface area contributed by atoms with Crippen LogP contribution in [0.4, 0.5) is 0 Å². The topological polar surface area (TPSA) is 9.23 Å². The van der Waals surface area contributed by atoms with Crippen LogP contribution in [0.25, 0.3) is 0 Å². The van der Waals surface area contributed by atoms with Crippen molar-refractivity contribution in [3.8, 4) is 5.75 Å². The van der Waals surface area contributed by atoms with Crippen molar-refractivity contribution in [2.75, 3.05) is 13.0 Å². The molecule has 1 aliphatic carbocycles. The second-order valence-electron chi connectivity index (χ2n) is 4.27. The summed E-state index contributed by atoms with van der Waals surface area (Å²) in [6, 6.07) is 5.75. The fraction of sp³-hybridized carbons (Fsp3) is 0.500. The van der Waals surface area contributed by atoms with Crippen LogP contribution >= 0.6 is 23.2 Å². The summed E-state index contributed by atoms with van der Waals surface area (Å²) in [6.45, 7) is 0. The second-order valence-corrected chi connectivity index (χ2v) is 4.97. The maximum atomic E-state index is 5.98. The van der Waals surface area contributed by atoms with E-state index in [4.69, 9.17) is 27.9 Å². The Morgan fingerprint density at radius 3 is 2.67 bits per heavy atom. The van der Waals surface area contributed by atoms with E-state index in [1.165, 1.54) is 18.4 Å². The number of methoxy groups -OCH3 is 1. The fourth-order valence-corrected chi connectivity index (χ4v) is 2.38. The van der Waals surface area contributed by atoms with E-state index in [0.29, 0.717) is 5.41 Å². The minimum atomic E-state index is 0.305. The summed E-state index contributed by atoms with van der Waals surface area (Å²) >= 11 is 11.9. The molecule has 2 rings (SSSR count). The first-order valence-corrected chi connectivity index (χ1v) is 5.99. The van der Waals surface area contributed by atoms with Gasteiger partial charge in [-0.25, -0.2) is 0 Å². The lowest BCUT2D eigenvalue weighted by atomic mass is 9.98. The van der Waals surface area contributed by atoms with Gasteiger partial charge in [-0.3, -0.25) is 0 Å². The van der Waals surface area contributed by atoms with E-state index in [1.54, 1.807) is 7.11 Å². The van der Waals surface area contributed by atoms with Crippen molar-refractivity contribution in [3.63, 3.8) is 0 Å². The quantitative estimate of drug-likeness (QED) is 0.731. The van der Waals surface area contributed by atoms with Gasteiger partial charge < -0.3 is 4.74 Å². The van der Waals surface area contributed by atoms with Crippen LogP contribution < -0.4 is 4.74 Å². The molecule has 0 spiro atoms. The Morgan fingerprint density at radius 1 is 1.40 bits per heavy atom. The van der Waals surface area contributed by atoms with Crippen molar-refractivity contribution >= 4 is 23.2 Å². The minimum Gasteiger partial charge on any atom is -0.496 e. The van der Waals surface area contributed by atoms with Crippen LogP contribution in [-0.4, -0.2) is 13.0 Å². The average Bonchev–Trinajstić information content (AvgIpc) is 2.99. The average molecular weight is 245 g/mol. The highest BCUT2D eigenvalue weighted by Gasteiger charge is 2.42. The summed E-state index contributed by atoms with van der Waals surface area (Å²) in [5.74, 6) is 1.64. The van der Waals surface area contributed by atoms with Gasteiger partial charge in [-0.1, -0.05) is 11.6 Å². The molecule has 0 bridgehead atoms. The van der Waals surface area contributed by atoms with Gasteiger partial charge in [0.1, 0.15) is 5.75 Å². The number of hydrogen-bond acceptors (Lipinski definition) is 1. The molecule has 1 aliphatic rings. The van der Waals surface area contributed by atoms with Crippen molar-refractivity contribution < 1.29 is 4.74 Å². The molecule has 0 amide bonds. The van der Waals surface area contributed by atoms with Gasteiger partial charge >= 0.3 is 0 Å². The van der Waals surface area contributed by atoms with E-state index in [0.717, 1.165) is 23.1 Å². The van der Waals surface area contributed by atoms with Crippen LogP contribution in [0.2, 0.25) is 5.02 Å². The van der Waals surface area contributed by atoms with E-state index in [9.17, 15) is 0 Å². The van der Waals surface area contributed by atoms with E-state index >= 15 is 0 Å². The molecule has 3 heteroatoms. The molecule has 0 radical (unpaired) electrons. The maximum Gasteiger partial charge on any atom is 0.122 e. The third-order valence-corrected chi connectivity index (χ3v) is 3.85. The lowest BCUT2D eigenvalue weighted by molar-refractivity contribution is 0.404. The first-order chi connectivity index (χ1) is 7.19. The van der Waals surface area contributed by atoms with Gasteiger partial charge in [0.15, 0.2) is 0 Å².